The van der Waals surface area contributed by atoms with Gasteiger partial charge in [-0.3, -0.25) is 14.5 Å². The van der Waals surface area contributed by atoms with Crippen LogP contribution in [0.15, 0.2) is 89.9 Å². The molecule has 1 unspecified atom stereocenters. The molecule has 3 atom stereocenters. The SMILES string of the molecule is O=C(c1ccccc1)N1Cc2ccccc2[C@@H]2OC(c3ccccc3)=N[C@]2(CP)C1=O. The lowest BCUT2D eigenvalue weighted by Gasteiger charge is -2.30. The van der Waals surface area contributed by atoms with E-state index in [0.29, 0.717) is 17.6 Å². The van der Waals surface area contributed by atoms with Gasteiger partial charge in [0.05, 0.1) is 6.54 Å². The van der Waals surface area contributed by atoms with E-state index in [0.717, 1.165) is 16.7 Å². The lowest BCUT2D eigenvalue weighted by Crippen LogP contribution is -2.51. The Kier molecular flexibility index (Phi) is 4.91. The van der Waals surface area contributed by atoms with E-state index in [4.69, 9.17) is 9.73 Å². The predicted octanol–water partition coefficient (Wildman–Crippen LogP) is 4.00. The molecule has 2 amide bonds. The number of rotatable bonds is 3. The molecule has 3 aromatic carbocycles. The van der Waals surface area contributed by atoms with Crippen molar-refractivity contribution in [1.82, 2.24) is 4.90 Å². The van der Waals surface area contributed by atoms with E-state index in [1.807, 2.05) is 60.7 Å². The van der Waals surface area contributed by atoms with Crippen molar-refractivity contribution in [3.05, 3.63) is 107 Å². The Hall–Kier alpha value is -3.30. The van der Waals surface area contributed by atoms with Gasteiger partial charge in [-0.05, 0) is 29.8 Å². The van der Waals surface area contributed by atoms with Crippen molar-refractivity contribution in [3.8, 4) is 0 Å². The van der Waals surface area contributed by atoms with E-state index in [-0.39, 0.29) is 18.4 Å². The highest BCUT2D eigenvalue weighted by Gasteiger charge is 2.56. The average Bonchev–Trinajstić information content (AvgIpc) is 3.20. The molecule has 0 bridgehead atoms. The van der Waals surface area contributed by atoms with Crippen LogP contribution in [0, 0.1) is 0 Å². The Bertz CT molecular complexity index is 1180. The van der Waals surface area contributed by atoms with Crippen molar-refractivity contribution >= 4 is 27.0 Å². The van der Waals surface area contributed by atoms with E-state index in [1.54, 1.807) is 24.3 Å². The summed E-state index contributed by atoms with van der Waals surface area (Å²) in [6.07, 6.45) is -0.266. The van der Waals surface area contributed by atoms with Gasteiger partial charge in [0.15, 0.2) is 11.6 Å². The molecule has 5 nitrogen and oxygen atoms in total. The van der Waals surface area contributed by atoms with Crippen molar-refractivity contribution < 1.29 is 14.3 Å². The van der Waals surface area contributed by atoms with Crippen molar-refractivity contribution in [2.45, 2.75) is 18.2 Å². The first-order valence-corrected chi connectivity index (χ1v) is 11.0. The van der Waals surface area contributed by atoms with Crippen LogP contribution in [0.25, 0.3) is 0 Å². The molecule has 0 N–H and O–H groups in total. The van der Waals surface area contributed by atoms with Crippen LogP contribution in [0.1, 0.15) is 33.2 Å². The molecule has 31 heavy (non-hydrogen) atoms. The van der Waals surface area contributed by atoms with Crippen LogP contribution in [0.2, 0.25) is 0 Å². The zero-order valence-electron chi connectivity index (χ0n) is 16.8. The number of fused-ring (bicyclic) bond motifs is 3. The molecule has 0 fully saturated rings. The second-order valence-corrected chi connectivity index (χ2v) is 8.08. The summed E-state index contributed by atoms with van der Waals surface area (Å²) < 4.78 is 6.33. The Morgan fingerprint density at radius 2 is 1.65 bits per heavy atom. The molecule has 5 rings (SSSR count). The molecule has 3 aromatic rings. The first-order valence-electron chi connectivity index (χ1n) is 10.2. The van der Waals surface area contributed by atoms with Gasteiger partial charge in [0.1, 0.15) is 0 Å². The summed E-state index contributed by atoms with van der Waals surface area (Å²) in [5.74, 6) is -0.254. The maximum absolute atomic E-state index is 13.9. The number of benzene rings is 3. The fourth-order valence-corrected chi connectivity index (χ4v) is 4.70. The molecule has 0 spiro atoms. The predicted molar refractivity (Wildman–Crippen MR) is 122 cm³/mol. The number of hydrogen-bond donors (Lipinski definition) is 0. The summed E-state index contributed by atoms with van der Waals surface area (Å²) in [5, 5.41) is 0. The highest BCUT2D eigenvalue weighted by molar-refractivity contribution is 7.16. The largest absolute Gasteiger partial charge is 0.466 e. The smallest absolute Gasteiger partial charge is 0.262 e. The number of imide groups is 1. The Labute approximate surface area is 183 Å². The molecule has 0 radical (unpaired) electrons. The highest BCUT2D eigenvalue weighted by atomic mass is 31.0. The summed E-state index contributed by atoms with van der Waals surface area (Å²) in [6, 6.07) is 26.2. The van der Waals surface area contributed by atoms with Gasteiger partial charge in [0.2, 0.25) is 5.90 Å². The number of hydrogen-bond acceptors (Lipinski definition) is 4. The van der Waals surface area contributed by atoms with E-state index < -0.39 is 11.6 Å². The fraction of sp³-hybridized carbons (Fsp3) is 0.160. The molecule has 6 heteroatoms. The lowest BCUT2D eigenvalue weighted by molar-refractivity contribution is -0.135. The summed E-state index contributed by atoms with van der Waals surface area (Å²) in [5.41, 5.74) is 1.81. The molecule has 0 aliphatic carbocycles. The summed E-state index contributed by atoms with van der Waals surface area (Å²) in [7, 11) is 2.63. The van der Waals surface area contributed by atoms with Gasteiger partial charge in [0, 0.05) is 22.9 Å². The molecule has 2 heterocycles. The second-order valence-electron chi connectivity index (χ2n) is 7.67. The number of aliphatic imine (C=N–C) groups is 1. The van der Waals surface area contributed by atoms with Gasteiger partial charge < -0.3 is 4.74 Å². The van der Waals surface area contributed by atoms with Crippen molar-refractivity contribution in [2.75, 3.05) is 6.16 Å². The molecule has 0 saturated heterocycles. The third-order valence-electron chi connectivity index (χ3n) is 5.84. The van der Waals surface area contributed by atoms with Gasteiger partial charge in [-0.2, -0.15) is 0 Å². The van der Waals surface area contributed by atoms with Crippen molar-refractivity contribution in [2.24, 2.45) is 4.99 Å². The van der Waals surface area contributed by atoms with Gasteiger partial charge in [-0.1, -0.05) is 60.7 Å². The van der Waals surface area contributed by atoms with E-state index in [1.165, 1.54) is 4.90 Å². The Morgan fingerprint density at radius 1 is 1.00 bits per heavy atom. The van der Waals surface area contributed by atoms with Gasteiger partial charge in [-0.25, -0.2) is 4.99 Å². The quantitative estimate of drug-likeness (QED) is 0.468. The van der Waals surface area contributed by atoms with Crippen LogP contribution in [0.4, 0.5) is 0 Å². The molecular weight excluding hydrogens is 407 g/mol. The minimum atomic E-state index is -1.23. The number of ether oxygens (including phenoxy) is 1. The standard InChI is InChI=1S/C25H21N2O3P/c28-23(18-11-5-2-6-12-18)27-15-19-13-7-8-14-20(19)21-25(16-31,24(27)29)26-22(30-21)17-9-3-1-4-10-17/h1-14,21H,15-16,31H2/t21-,25-/m0/s1. The zero-order valence-corrected chi connectivity index (χ0v) is 17.9. The van der Waals surface area contributed by atoms with Gasteiger partial charge >= 0.3 is 0 Å². The van der Waals surface area contributed by atoms with Crippen LogP contribution >= 0.6 is 9.24 Å². The molecule has 2 aliphatic heterocycles. The normalized spacial score (nSPS) is 22.1. The summed E-state index contributed by atoms with van der Waals surface area (Å²) in [4.78, 5) is 33.5. The molecule has 0 saturated carbocycles. The van der Waals surface area contributed by atoms with Gasteiger partial charge in [-0.15, -0.1) is 9.24 Å². The third-order valence-corrected chi connectivity index (χ3v) is 6.47. The van der Waals surface area contributed by atoms with Crippen molar-refractivity contribution in [1.29, 1.82) is 0 Å². The molecule has 0 aromatic heterocycles. The first-order chi connectivity index (χ1) is 15.1. The third kappa shape index (κ3) is 3.17. The van der Waals surface area contributed by atoms with E-state index in [9.17, 15) is 9.59 Å². The van der Waals surface area contributed by atoms with Gasteiger partial charge in [0.25, 0.3) is 11.8 Å². The number of amides is 2. The zero-order chi connectivity index (χ0) is 21.4. The molecule has 154 valence electrons. The summed E-state index contributed by atoms with van der Waals surface area (Å²) >= 11 is 0. The van der Waals surface area contributed by atoms with E-state index in [2.05, 4.69) is 9.24 Å². The fourth-order valence-electron chi connectivity index (χ4n) is 4.22. The number of nitrogens with zero attached hydrogens (tertiary/aromatic N) is 2. The van der Waals surface area contributed by atoms with E-state index >= 15 is 0 Å². The summed E-state index contributed by atoms with van der Waals surface area (Å²) in [6.45, 7) is 0.186. The van der Waals surface area contributed by atoms with Crippen LogP contribution in [0.3, 0.4) is 0 Å². The van der Waals surface area contributed by atoms with Crippen LogP contribution in [0.5, 0.6) is 0 Å². The molecular formula is C25H21N2O3P. The number of carbonyl (C=O) groups is 2. The maximum Gasteiger partial charge on any atom is 0.262 e. The maximum atomic E-state index is 13.9. The monoisotopic (exact) mass is 428 g/mol. The first kappa shape index (κ1) is 19.7. The minimum Gasteiger partial charge on any atom is -0.466 e. The topological polar surface area (TPSA) is 59.0 Å². The lowest BCUT2D eigenvalue weighted by atomic mass is 9.88. The highest BCUT2D eigenvalue weighted by Crippen LogP contribution is 2.45. The van der Waals surface area contributed by atoms with Crippen LogP contribution in [-0.2, 0) is 16.1 Å². The van der Waals surface area contributed by atoms with Crippen LogP contribution < -0.4 is 0 Å². The Balaban J connectivity index is 1.67. The Morgan fingerprint density at radius 3 is 2.35 bits per heavy atom. The number of carbonyl (C=O) groups excluding carboxylic acids is 2. The minimum absolute atomic E-state index is 0.186. The second kappa shape index (κ2) is 7.75. The van der Waals surface area contributed by atoms with Crippen LogP contribution in [-0.4, -0.2) is 34.3 Å². The van der Waals surface area contributed by atoms with Crippen molar-refractivity contribution in [3.63, 3.8) is 0 Å². The molecule has 2 aliphatic rings. The average molecular weight is 428 g/mol.